The Morgan fingerprint density at radius 1 is 1.22 bits per heavy atom. The first kappa shape index (κ1) is 26.9. The number of hydrogen-bond acceptors (Lipinski definition) is 10. The number of aliphatic imine (C=N–C) groups is 1. The third kappa shape index (κ3) is 5.94. The molecule has 0 aliphatic carbocycles. The molecule has 6 N–H and O–H groups in total. The number of nitrogens with zero attached hydrogens (tertiary/aromatic N) is 2. The molecular weight excluding hydrogens is 458 g/mol. The Balaban J connectivity index is 0.00000363. The monoisotopic (exact) mass is 480 g/mol. The van der Waals surface area contributed by atoms with Gasteiger partial charge in [-0.05, 0) is 37.1 Å². The van der Waals surface area contributed by atoms with E-state index >= 15 is 0 Å². The summed E-state index contributed by atoms with van der Waals surface area (Å²) in [5, 5.41) is 35.6. The molecule has 3 amide bonds. The standard InChI is InChI=1S/C17H23N4O9P.Na/c1-7-3-9-10(4-8(7)2)21(15-13(18-9)16(25)20-17(26)19-15)5-11(22)14(24)12(23)6-30-31(27,28)29;/h3-4,11-14,18,22-24H,5-6H2,1-2H3,(H,20,25,26)(H2,27,28,29);/q;+1/p-1. The number of aliphatic hydroxyl groups is 3. The number of β-amino-alcohol motifs (C(OH)–C–C–N with tert-alkyl or cyclic N) is 1. The molecule has 3 rings (SSSR count). The molecule has 0 aromatic heterocycles. The molecule has 170 valence electrons. The van der Waals surface area contributed by atoms with Crippen LogP contribution >= 0.6 is 7.82 Å². The van der Waals surface area contributed by atoms with Crippen LogP contribution < -0.4 is 50.0 Å². The molecule has 2 aliphatic heterocycles. The van der Waals surface area contributed by atoms with Crippen LogP contribution in [0.1, 0.15) is 11.1 Å². The summed E-state index contributed by atoms with van der Waals surface area (Å²) in [7, 11) is -5.13. The molecule has 2 aliphatic rings. The second-order valence-corrected chi connectivity index (χ2v) is 8.49. The molecule has 2 heterocycles. The number of aliphatic hydroxyl groups excluding tert-OH is 3. The number of aryl methyl sites for hydroxylation is 2. The number of anilines is 2. The van der Waals surface area contributed by atoms with Gasteiger partial charge in [-0.15, -0.1) is 0 Å². The Bertz CT molecular complexity index is 985. The summed E-state index contributed by atoms with van der Waals surface area (Å²) in [5.41, 5.74) is 2.78. The van der Waals surface area contributed by atoms with E-state index in [2.05, 4.69) is 20.1 Å². The number of carbonyl (C=O) groups is 2. The van der Waals surface area contributed by atoms with Crippen molar-refractivity contribution in [3.63, 3.8) is 0 Å². The number of imide groups is 1. The maximum atomic E-state index is 12.3. The fraction of sp³-hybridized carbons (Fsp3) is 0.471. The minimum atomic E-state index is -5.13. The maximum Gasteiger partial charge on any atom is 1.00 e. The van der Waals surface area contributed by atoms with Gasteiger partial charge >= 0.3 is 35.6 Å². The Hall–Kier alpha value is -1.38. The number of amidine groups is 1. The number of hydrogen-bond donors (Lipinski definition) is 6. The number of nitrogens with one attached hydrogen (secondary N) is 2. The van der Waals surface area contributed by atoms with Gasteiger partial charge in [0.1, 0.15) is 24.1 Å². The fourth-order valence-corrected chi connectivity index (χ4v) is 3.61. The van der Waals surface area contributed by atoms with Crippen LogP contribution in [0.4, 0.5) is 16.2 Å². The molecule has 32 heavy (non-hydrogen) atoms. The second-order valence-electron chi connectivity index (χ2n) is 7.30. The topological polar surface area (TPSA) is 204 Å². The van der Waals surface area contributed by atoms with E-state index in [1.165, 1.54) is 4.90 Å². The van der Waals surface area contributed by atoms with Crippen LogP contribution in [0.2, 0.25) is 0 Å². The average Bonchev–Trinajstić information content (AvgIpc) is 2.67. The molecule has 0 fully saturated rings. The largest absolute Gasteiger partial charge is 1.00 e. The van der Waals surface area contributed by atoms with Crippen molar-refractivity contribution < 1.29 is 73.3 Å². The summed E-state index contributed by atoms with van der Waals surface area (Å²) in [4.78, 5) is 48.6. The predicted molar refractivity (Wildman–Crippen MR) is 105 cm³/mol. The van der Waals surface area contributed by atoms with E-state index < -0.39 is 57.3 Å². The van der Waals surface area contributed by atoms with Gasteiger partial charge in [0.2, 0.25) is 0 Å². The van der Waals surface area contributed by atoms with Crippen molar-refractivity contribution >= 4 is 37.0 Å². The van der Waals surface area contributed by atoms with E-state index in [9.17, 15) is 34.4 Å². The number of carbonyl (C=O) groups excluding carboxylic acids is 2. The molecule has 0 bridgehead atoms. The van der Waals surface area contributed by atoms with E-state index in [-0.39, 0.29) is 35.4 Å². The SMILES string of the molecule is Cc1cc2c(cc1C)N(CC(O)C(O)C(O)COP(=O)([O-])O)C1=NC(=O)NC(=O)C1N2.[Na+]. The molecule has 5 unspecified atom stereocenters. The fourth-order valence-electron chi connectivity index (χ4n) is 3.27. The van der Waals surface area contributed by atoms with Gasteiger partial charge in [-0.1, -0.05) is 0 Å². The van der Waals surface area contributed by atoms with Gasteiger partial charge < -0.3 is 39.8 Å². The minimum Gasteiger partial charge on any atom is -0.756 e. The number of rotatable bonds is 7. The van der Waals surface area contributed by atoms with Crippen molar-refractivity contribution in [2.75, 3.05) is 23.4 Å². The molecule has 1 aromatic carbocycles. The van der Waals surface area contributed by atoms with Crippen molar-refractivity contribution in [1.82, 2.24) is 5.32 Å². The zero-order valence-electron chi connectivity index (χ0n) is 17.6. The van der Waals surface area contributed by atoms with Crippen LogP contribution in [0.3, 0.4) is 0 Å². The van der Waals surface area contributed by atoms with E-state index in [0.29, 0.717) is 11.4 Å². The van der Waals surface area contributed by atoms with Gasteiger partial charge in [0.05, 0.1) is 24.5 Å². The predicted octanol–water partition coefficient (Wildman–Crippen LogP) is -4.88. The van der Waals surface area contributed by atoms with Crippen LogP contribution in [0.5, 0.6) is 0 Å². The summed E-state index contributed by atoms with van der Waals surface area (Å²) in [5.74, 6) is -0.664. The summed E-state index contributed by atoms with van der Waals surface area (Å²) in [6.45, 7) is 2.30. The van der Waals surface area contributed by atoms with E-state index in [1.807, 2.05) is 13.8 Å². The molecule has 0 spiro atoms. The van der Waals surface area contributed by atoms with Gasteiger partial charge in [-0.25, -0.2) is 4.79 Å². The quantitative estimate of drug-likeness (QED) is 0.161. The van der Waals surface area contributed by atoms with Gasteiger partial charge in [0, 0.05) is 0 Å². The smallest absolute Gasteiger partial charge is 0.756 e. The van der Waals surface area contributed by atoms with Crippen molar-refractivity contribution in [3.8, 4) is 0 Å². The molecule has 0 saturated carbocycles. The first-order valence-corrected chi connectivity index (χ1v) is 10.7. The van der Waals surface area contributed by atoms with Crippen LogP contribution in [-0.2, 0) is 13.9 Å². The van der Waals surface area contributed by atoms with Gasteiger partial charge in [-0.3, -0.25) is 14.7 Å². The Morgan fingerprint density at radius 2 is 1.84 bits per heavy atom. The summed E-state index contributed by atoms with van der Waals surface area (Å²) in [6.07, 6.45) is -5.43. The minimum absolute atomic E-state index is 0. The number of amides is 3. The summed E-state index contributed by atoms with van der Waals surface area (Å²) in [6, 6.07) is 1.58. The molecule has 0 radical (unpaired) electrons. The number of benzene rings is 1. The van der Waals surface area contributed by atoms with Crippen molar-refractivity contribution in [2.24, 2.45) is 4.99 Å². The Morgan fingerprint density at radius 3 is 2.47 bits per heavy atom. The van der Waals surface area contributed by atoms with Crippen LogP contribution in [0.25, 0.3) is 0 Å². The van der Waals surface area contributed by atoms with Crippen molar-refractivity contribution in [1.29, 1.82) is 0 Å². The Kier molecular flexibility index (Phi) is 8.62. The van der Waals surface area contributed by atoms with Crippen LogP contribution in [0, 0.1) is 13.8 Å². The number of fused-ring (bicyclic) bond motifs is 2. The van der Waals surface area contributed by atoms with Gasteiger partial charge in [0.15, 0.2) is 6.04 Å². The molecule has 1 aromatic rings. The third-order valence-electron chi connectivity index (χ3n) is 5.01. The summed E-state index contributed by atoms with van der Waals surface area (Å²) >= 11 is 0. The third-order valence-corrected chi connectivity index (χ3v) is 5.49. The second kappa shape index (κ2) is 10.3. The van der Waals surface area contributed by atoms with E-state index in [4.69, 9.17) is 4.89 Å². The van der Waals surface area contributed by atoms with Gasteiger partial charge in [0.25, 0.3) is 13.7 Å². The number of urea groups is 1. The normalized spacial score (nSPS) is 22.2. The van der Waals surface area contributed by atoms with E-state index in [1.54, 1.807) is 12.1 Å². The maximum absolute atomic E-state index is 12.3. The molecule has 15 heteroatoms. The molecule has 5 atom stereocenters. The van der Waals surface area contributed by atoms with Gasteiger partial charge in [-0.2, -0.15) is 4.99 Å². The molecule has 0 saturated heterocycles. The zero-order valence-corrected chi connectivity index (χ0v) is 20.4. The summed E-state index contributed by atoms with van der Waals surface area (Å²) < 4.78 is 14.7. The first-order chi connectivity index (χ1) is 14.4. The first-order valence-electron chi connectivity index (χ1n) is 9.18. The Labute approximate surface area is 205 Å². The van der Waals surface area contributed by atoms with E-state index in [0.717, 1.165) is 11.1 Å². The average molecular weight is 480 g/mol. The molecular formula is C17H22N4NaO9P. The zero-order chi connectivity index (χ0) is 23.1. The number of phosphoric ester groups is 1. The van der Waals surface area contributed by atoms with Crippen LogP contribution in [0.15, 0.2) is 17.1 Å². The number of phosphoric acid groups is 1. The molecule has 13 nitrogen and oxygen atoms in total. The van der Waals surface area contributed by atoms with Crippen molar-refractivity contribution in [3.05, 3.63) is 23.3 Å². The van der Waals surface area contributed by atoms with Crippen LogP contribution in [-0.4, -0.2) is 75.5 Å². The van der Waals surface area contributed by atoms with Crippen molar-refractivity contribution in [2.45, 2.75) is 38.2 Å².